The Bertz CT molecular complexity index is 526. The molecule has 0 spiro atoms. The van der Waals surface area contributed by atoms with E-state index in [1.807, 2.05) is 30.3 Å². The molecule has 5 nitrogen and oxygen atoms in total. The fourth-order valence-corrected chi connectivity index (χ4v) is 2.42. The van der Waals surface area contributed by atoms with E-state index >= 15 is 0 Å². The maximum absolute atomic E-state index is 12.0. The lowest BCUT2D eigenvalue weighted by molar-refractivity contribution is -0.137. The number of rotatable bonds is 9. The second-order valence-corrected chi connectivity index (χ2v) is 6.17. The van der Waals surface area contributed by atoms with Gasteiger partial charge in [-0.25, -0.2) is 4.79 Å². The van der Waals surface area contributed by atoms with E-state index in [1.165, 1.54) is 0 Å². The Morgan fingerprint density at radius 3 is 2.46 bits per heavy atom. The summed E-state index contributed by atoms with van der Waals surface area (Å²) in [5.74, 6) is -1.26. The van der Waals surface area contributed by atoms with Crippen molar-refractivity contribution in [3.8, 4) is 0 Å². The molecule has 2 amide bonds. The van der Waals surface area contributed by atoms with Gasteiger partial charge in [-0.2, -0.15) is 13.2 Å². The molecule has 0 aliphatic rings. The molecule has 1 aromatic rings. The van der Waals surface area contributed by atoms with Crippen molar-refractivity contribution in [2.75, 3.05) is 12.3 Å². The maximum atomic E-state index is 12.0. The van der Waals surface area contributed by atoms with E-state index in [9.17, 15) is 22.8 Å². The second kappa shape index (κ2) is 10.1. The third-order valence-corrected chi connectivity index (χ3v) is 3.76. The highest BCUT2D eigenvalue weighted by molar-refractivity contribution is 8.00. The molecule has 1 unspecified atom stereocenters. The fraction of sp³-hybridized carbons (Fsp3) is 0.467. The van der Waals surface area contributed by atoms with Crippen molar-refractivity contribution < 1.29 is 27.9 Å². The number of amides is 2. The van der Waals surface area contributed by atoms with E-state index < -0.39 is 23.6 Å². The Kier molecular flexibility index (Phi) is 8.45. The summed E-state index contributed by atoms with van der Waals surface area (Å²) in [6.45, 7) is -0.132. The molecule has 0 heterocycles. The van der Waals surface area contributed by atoms with Gasteiger partial charge in [-0.1, -0.05) is 30.3 Å². The Labute approximate surface area is 142 Å². The molecule has 0 fully saturated rings. The lowest BCUT2D eigenvalue weighted by Gasteiger charge is -2.19. The van der Waals surface area contributed by atoms with Crippen molar-refractivity contribution in [1.29, 1.82) is 0 Å². The first kappa shape index (κ1) is 20.1. The van der Waals surface area contributed by atoms with Crippen LogP contribution in [0.5, 0.6) is 0 Å². The summed E-state index contributed by atoms with van der Waals surface area (Å²) in [4.78, 5) is 22.5. The molecule has 9 heteroatoms. The van der Waals surface area contributed by atoms with Gasteiger partial charge in [0.05, 0.1) is 0 Å². The zero-order valence-corrected chi connectivity index (χ0v) is 13.6. The van der Waals surface area contributed by atoms with Crippen molar-refractivity contribution in [3.05, 3.63) is 35.9 Å². The maximum Gasteiger partial charge on any atom is 0.441 e. The van der Waals surface area contributed by atoms with Crippen LogP contribution in [0.15, 0.2) is 30.3 Å². The van der Waals surface area contributed by atoms with Gasteiger partial charge in [0, 0.05) is 24.8 Å². The van der Waals surface area contributed by atoms with Crippen LogP contribution in [0.2, 0.25) is 0 Å². The second-order valence-electron chi connectivity index (χ2n) is 5.01. The number of carboxylic acids is 1. The predicted molar refractivity (Wildman–Crippen MR) is 85.9 cm³/mol. The minimum absolute atomic E-state index is 0.109. The van der Waals surface area contributed by atoms with E-state index in [2.05, 4.69) is 10.6 Å². The van der Waals surface area contributed by atoms with Crippen LogP contribution in [-0.2, 0) is 11.2 Å². The molecular formula is C15H19F3N2O3S. The number of nitrogens with one attached hydrogen (secondary N) is 2. The first-order chi connectivity index (χ1) is 11.3. The minimum Gasteiger partial charge on any atom is -0.481 e. The normalized spacial score (nSPS) is 12.5. The number of halogens is 3. The number of carboxylic acid groups (broad SMARTS) is 1. The largest absolute Gasteiger partial charge is 0.481 e. The number of aliphatic carboxylic acids is 1. The van der Waals surface area contributed by atoms with Crippen LogP contribution in [-0.4, -0.2) is 41.0 Å². The van der Waals surface area contributed by atoms with Gasteiger partial charge < -0.3 is 15.7 Å². The number of alkyl halides is 3. The highest BCUT2D eigenvalue weighted by Gasteiger charge is 2.27. The minimum atomic E-state index is -4.32. The number of urea groups is 1. The number of carbonyl (C=O) groups excluding carboxylic acids is 1. The molecule has 1 atom stereocenters. The molecule has 24 heavy (non-hydrogen) atoms. The molecule has 0 aliphatic heterocycles. The van der Waals surface area contributed by atoms with E-state index in [0.29, 0.717) is 6.42 Å². The van der Waals surface area contributed by atoms with Crippen LogP contribution in [0.1, 0.15) is 18.4 Å². The van der Waals surface area contributed by atoms with Crippen LogP contribution < -0.4 is 10.6 Å². The van der Waals surface area contributed by atoms with Gasteiger partial charge in [-0.15, -0.1) is 0 Å². The van der Waals surface area contributed by atoms with Crippen LogP contribution in [0.4, 0.5) is 18.0 Å². The smallest absolute Gasteiger partial charge is 0.441 e. The number of carbonyl (C=O) groups is 2. The zero-order chi connectivity index (χ0) is 18.0. The summed E-state index contributed by atoms with van der Waals surface area (Å²) in [6, 6.07) is 8.19. The van der Waals surface area contributed by atoms with Gasteiger partial charge >= 0.3 is 17.5 Å². The van der Waals surface area contributed by atoms with Crippen LogP contribution in [0, 0.1) is 0 Å². The number of hydrogen-bond acceptors (Lipinski definition) is 3. The topological polar surface area (TPSA) is 78.4 Å². The lowest BCUT2D eigenvalue weighted by atomic mass is 10.0. The van der Waals surface area contributed by atoms with Crippen molar-refractivity contribution >= 4 is 23.8 Å². The lowest BCUT2D eigenvalue weighted by Crippen LogP contribution is -2.44. The molecule has 1 rings (SSSR count). The van der Waals surface area contributed by atoms with E-state index in [4.69, 9.17) is 5.11 Å². The van der Waals surface area contributed by atoms with Crippen molar-refractivity contribution in [2.45, 2.75) is 30.8 Å². The van der Waals surface area contributed by atoms with Crippen LogP contribution in [0.3, 0.4) is 0 Å². The van der Waals surface area contributed by atoms with Crippen LogP contribution >= 0.6 is 11.8 Å². The van der Waals surface area contributed by atoms with Gasteiger partial charge in [-0.3, -0.25) is 4.79 Å². The van der Waals surface area contributed by atoms with Gasteiger partial charge in [0.25, 0.3) is 0 Å². The number of benzene rings is 1. The SMILES string of the molecule is O=C(O)CCC(Cc1ccccc1)NC(=O)NCCSC(F)(F)F. The van der Waals surface area contributed by atoms with E-state index in [1.54, 1.807) is 0 Å². The molecule has 3 N–H and O–H groups in total. The van der Waals surface area contributed by atoms with Gasteiger partial charge in [0.15, 0.2) is 0 Å². The third-order valence-electron chi connectivity index (χ3n) is 3.02. The summed E-state index contributed by atoms with van der Waals surface area (Å²) < 4.78 is 36.0. The van der Waals surface area contributed by atoms with Gasteiger partial charge in [0.2, 0.25) is 0 Å². The van der Waals surface area contributed by atoms with Gasteiger partial charge in [-0.05, 0) is 30.2 Å². The van der Waals surface area contributed by atoms with Gasteiger partial charge in [0.1, 0.15) is 0 Å². The molecule has 0 saturated heterocycles. The first-order valence-corrected chi connectivity index (χ1v) is 8.25. The summed E-state index contributed by atoms with van der Waals surface area (Å²) in [6.07, 6.45) is 0.565. The molecule has 0 saturated carbocycles. The molecular weight excluding hydrogens is 345 g/mol. The molecule has 0 aliphatic carbocycles. The Morgan fingerprint density at radius 2 is 1.88 bits per heavy atom. The molecule has 0 bridgehead atoms. The number of hydrogen-bond donors (Lipinski definition) is 3. The molecule has 0 aromatic heterocycles. The standard InChI is InChI=1S/C15H19F3N2O3S/c16-15(17,18)24-9-8-19-14(23)20-12(6-7-13(21)22)10-11-4-2-1-3-5-11/h1-5,12H,6-10H2,(H,21,22)(H2,19,20,23). The fourth-order valence-electron chi connectivity index (χ4n) is 1.99. The number of thioether (sulfide) groups is 1. The highest BCUT2D eigenvalue weighted by Crippen LogP contribution is 2.29. The summed E-state index contributed by atoms with van der Waals surface area (Å²) in [5, 5.41) is 13.7. The summed E-state index contributed by atoms with van der Waals surface area (Å²) in [7, 11) is 0. The molecule has 134 valence electrons. The molecule has 1 aromatic carbocycles. The van der Waals surface area contributed by atoms with Crippen molar-refractivity contribution in [1.82, 2.24) is 10.6 Å². The zero-order valence-electron chi connectivity index (χ0n) is 12.8. The first-order valence-electron chi connectivity index (χ1n) is 7.27. The van der Waals surface area contributed by atoms with Crippen LogP contribution in [0.25, 0.3) is 0 Å². The van der Waals surface area contributed by atoms with E-state index in [0.717, 1.165) is 5.56 Å². The summed E-state index contributed by atoms with van der Waals surface area (Å²) in [5.41, 5.74) is -3.39. The molecule has 0 radical (unpaired) electrons. The average Bonchev–Trinajstić information content (AvgIpc) is 2.49. The quantitative estimate of drug-likeness (QED) is 0.589. The van der Waals surface area contributed by atoms with Crippen molar-refractivity contribution in [2.24, 2.45) is 0 Å². The monoisotopic (exact) mass is 364 g/mol. The Hall–Kier alpha value is -1.90. The summed E-state index contributed by atoms with van der Waals surface area (Å²) >= 11 is -0.209. The Morgan fingerprint density at radius 1 is 1.21 bits per heavy atom. The van der Waals surface area contributed by atoms with Crippen molar-refractivity contribution in [3.63, 3.8) is 0 Å². The average molecular weight is 364 g/mol. The highest BCUT2D eigenvalue weighted by atomic mass is 32.2. The third kappa shape index (κ3) is 9.98. The Balaban J connectivity index is 2.45. The predicted octanol–water partition coefficient (Wildman–Crippen LogP) is 3.01. The van der Waals surface area contributed by atoms with E-state index in [-0.39, 0.29) is 36.9 Å².